The number of anilines is 1. The van der Waals surface area contributed by atoms with Gasteiger partial charge in [-0.2, -0.15) is 0 Å². The standard InChI is InChI=1S/C13H15N3O2S2/c1-13(2)11(19)15-12(16-13)20(18)7-9-5-3-4-6-10(9)14-8-17/h3-6,8H,7H2,1-2H3,(H,14,17)(H,15,16,19). The fourth-order valence-corrected chi connectivity index (χ4v) is 3.17. The van der Waals surface area contributed by atoms with Gasteiger partial charge in [0.1, 0.15) is 10.5 Å². The largest absolute Gasteiger partial charge is 0.328 e. The molecule has 1 aliphatic rings. The van der Waals surface area contributed by atoms with Crippen LogP contribution in [0.4, 0.5) is 5.69 Å². The normalized spacial score (nSPS) is 18.1. The predicted molar refractivity (Wildman–Crippen MR) is 85.2 cm³/mol. The SMILES string of the molecule is CC1(C)N=C(S(=O)Cc2ccccc2NC=O)NC1=S. The number of carbonyl (C=O) groups is 1. The number of amides is 1. The molecule has 1 aromatic rings. The third kappa shape index (κ3) is 3.10. The molecule has 0 aliphatic carbocycles. The molecule has 0 fully saturated rings. The summed E-state index contributed by atoms with van der Waals surface area (Å²) < 4.78 is 12.3. The predicted octanol–water partition coefficient (Wildman–Crippen LogP) is 1.57. The van der Waals surface area contributed by atoms with Crippen molar-refractivity contribution in [3.8, 4) is 0 Å². The average Bonchev–Trinajstić information content (AvgIpc) is 2.67. The number of hydrogen-bond acceptors (Lipinski definition) is 4. The second-order valence-electron chi connectivity index (χ2n) is 4.84. The first kappa shape index (κ1) is 14.8. The molecule has 7 heteroatoms. The van der Waals surface area contributed by atoms with Crippen LogP contribution in [0.25, 0.3) is 0 Å². The number of thiocarbonyl (C=S) groups is 1. The number of benzene rings is 1. The molecule has 0 aromatic heterocycles. The maximum Gasteiger partial charge on any atom is 0.211 e. The molecule has 0 saturated heterocycles. The number of hydrogen-bond donors (Lipinski definition) is 2. The molecule has 1 amide bonds. The van der Waals surface area contributed by atoms with Gasteiger partial charge in [-0.25, -0.2) is 4.99 Å². The molecule has 0 saturated carbocycles. The number of carbonyl (C=O) groups excluding carboxylic acids is 1. The van der Waals surface area contributed by atoms with Crippen molar-refractivity contribution >= 4 is 45.3 Å². The Morgan fingerprint density at radius 1 is 1.45 bits per heavy atom. The lowest BCUT2D eigenvalue weighted by Crippen LogP contribution is -2.34. The van der Waals surface area contributed by atoms with E-state index in [0.29, 0.717) is 22.3 Å². The lowest BCUT2D eigenvalue weighted by Gasteiger charge is -2.10. The van der Waals surface area contributed by atoms with Crippen molar-refractivity contribution in [3.63, 3.8) is 0 Å². The van der Waals surface area contributed by atoms with Crippen LogP contribution in [-0.2, 0) is 21.3 Å². The zero-order valence-electron chi connectivity index (χ0n) is 11.2. The van der Waals surface area contributed by atoms with E-state index in [-0.39, 0.29) is 5.75 Å². The van der Waals surface area contributed by atoms with Crippen molar-refractivity contribution in [2.75, 3.05) is 5.32 Å². The quantitative estimate of drug-likeness (QED) is 0.654. The number of para-hydroxylation sites is 1. The van der Waals surface area contributed by atoms with Gasteiger partial charge in [-0.05, 0) is 25.5 Å². The Bertz CT molecular complexity index is 611. The van der Waals surface area contributed by atoms with Crippen LogP contribution < -0.4 is 10.6 Å². The molecular weight excluding hydrogens is 294 g/mol. The van der Waals surface area contributed by atoms with Crippen molar-refractivity contribution in [1.82, 2.24) is 5.32 Å². The Kier molecular flexibility index (Phi) is 4.29. The molecule has 5 nitrogen and oxygen atoms in total. The van der Waals surface area contributed by atoms with Gasteiger partial charge in [0.25, 0.3) is 0 Å². The third-order valence-electron chi connectivity index (χ3n) is 2.89. The van der Waals surface area contributed by atoms with Crippen molar-refractivity contribution in [2.45, 2.75) is 25.1 Å². The monoisotopic (exact) mass is 309 g/mol. The summed E-state index contributed by atoms with van der Waals surface area (Å²) >= 11 is 5.16. The molecular formula is C13H15N3O2S2. The zero-order valence-corrected chi connectivity index (χ0v) is 12.8. The van der Waals surface area contributed by atoms with Crippen molar-refractivity contribution in [2.24, 2.45) is 4.99 Å². The Balaban J connectivity index is 2.17. The van der Waals surface area contributed by atoms with E-state index in [1.54, 1.807) is 6.07 Å². The Morgan fingerprint density at radius 2 is 2.15 bits per heavy atom. The highest BCUT2D eigenvalue weighted by Crippen LogP contribution is 2.20. The van der Waals surface area contributed by atoms with Crippen LogP contribution in [0.3, 0.4) is 0 Å². The minimum Gasteiger partial charge on any atom is -0.328 e. The maximum atomic E-state index is 12.3. The van der Waals surface area contributed by atoms with Crippen LogP contribution in [0, 0.1) is 0 Å². The summed E-state index contributed by atoms with van der Waals surface area (Å²) in [5.41, 5.74) is 0.926. The van der Waals surface area contributed by atoms with Crippen LogP contribution in [0.1, 0.15) is 19.4 Å². The van der Waals surface area contributed by atoms with E-state index in [1.807, 2.05) is 32.0 Å². The first-order valence-corrected chi connectivity index (χ1v) is 7.74. The topological polar surface area (TPSA) is 70.6 Å². The first-order chi connectivity index (χ1) is 9.44. The minimum absolute atomic E-state index is 0.265. The van der Waals surface area contributed by atoms with E-state index in [9.17, 15) is 9.00 Å². The molecule has 20 heavy (non-hydrogen) atoms. The van der Waals surface area contributed by atoms with Crippen LogP contribution in [0.15, 0.2) is 29.3 Å². The molecule has 0 bridgehead atoms. The molecule has 0 spiro atoms. The van der Waals surface area contributed by atoms with Crippen LogP contribution >= 0.6 is 12.2 Å². The van der Waals surface area contributed by atoms with Crippen molar-refractivity contribution in [1.29, 1.82) is 0 Å². The van der Waals surface area contributed by atoms with Crippen LogP contribution in [0.2, 0.25) is 0 Å². The van der Waals surface area contributed by atoms with Gasteiger partial charge in [0, 0.05) is 5.69 Å². The van der Waals surface area contributed by atoms with E-state index in [4.69, 9.17) is 12.2 Å². The number of aliphatic imine (C=N–C) groups is 1. The van der Waals surface area contributed by atoms with E-state index >= 15 is 0 Å². The summed E-state index contributed by atoms with van der Waals surface area (Å²) in [7, 11) is -1.33. The summed E-state index contributed by atoms with van der Waals surface area (Å²) in [6, 6.07) is 7.23. The van der Waals surface area contributed by atoms with E-state index in [2.05, 4.69) is 15.6 Å². The highest BCUT2D eigenvalue weighted by molar-refractivity contribution is 8.00. The lowest BCUT2D eigenvalue weighted by molar-refractivity contribution is -0.105. The summed E-state index contributed by atoms with van der Waals surface area (Å²) in [6.07, 6.45) is 0.603. The second-order valence-corrected chi connectivity index (χ2v) is 6.61. The van der Waals surface area contributed by atoms with Gasteiger partial charge in [-0.15, -0.1) is 0 Å². The molecule has 2 rings (SSSR count). The lowest BCUT2D eigenvalue weighted by atomic mass is 10.1. The van der Waals surface area contributed by atoms with Gasteiger partial charge in [-0.1, -0.05) is 30.4 Å². The molecule has 1 unspecified atom stereocenters. The number of nitrogens with one attached hydrogen (secondary N) is 2. The average molecular weight is 309 g/mol. The highest BCUT2D eigenvalue weighted by Gasteiger charge is 2.32. The molecule has 1 atom stereocenters. The number of nitrogens with zero attached hydrogens (tertiary/aromatic N) is 1. The van der Waals surface area contributed by atoms with E-state index < -0.39 is 16.3 Å². The molecule has 2 N–H and O–H groups in total. The van der Waals surface area contributed by atoms with E-state index in [1.165, 1.54) is 0 Å². The molecule has 0 radical (unpaired) electrons. The van der Waals surface area contributed by atoms with Crippen molar-refractivity contribution in [3.05, 3.63) is 29.8 Å². The van der Waals surface area contributed by atoms with Crippen LogP contribution in [0.5, 0.6) is 0 Å². The number of amidine groups is 1. The minimum atomic E-state index is -1.33. The number of rotatable bonds is 4. The fraction of sp³-hybridized carbons (Fsp3) is 0.308. The summed E-state index contributed by atoms with van der Waals surface area (Å²) in [4.78, 5) is 15.5. The van der Waals surface area contributed by atoms with Gasteiger partial charge >= 0.3 is 0 Å². The van der Waals surface area contributed by atoms with Gasteiger partial charge in [0.15, 0.2) is 5.17 Å². The van der Waals surface area contributed by atoms with Crippen molar-refractivity contribution < 1.29 is 9.00 Å². The second kappa shape index (κ2) is 5.80. The third-order valence-corrected chi connectivity index (χ3v) is 4.69. The summed E-state index contributed by atoms with van der Waals surface area (Å²) in [6.45, 7) is 3.74. The maximum absolute atomic E-state index is 12.3. The van der Waals surface area contributed by atoms with Gasteiger partial charge in [0.05, 0.1) is 16.6 Å². The molecule has 1 aliphatic heterocycles. The summed E-state index contributed by atoms with van der Waals surface area (Å²) in [5, 5.41) is 5.89. The fourth-order valence-electron chi connectivity index (χ4n) is 1.75. The zero-order chi connectivity index (χ0) is 14.8. The summed E-state index contributed by atoms with van der Waals surface area (Å²) in [5.74, 6) is 0.265. The smallest absolute Gasteiger partial charge is 0.211 e. The Hall–Kier alpha value is -1.60. The van der Waals surface area contributed by atoms with E-state index in [0.717, 1.165) is 5.56 Å². The highest BCUT2D eigenvalue weighted by atomic mass is 32.2. The Labute approximate surface area is 125 Å². The first-order valence-electron chi connectivity index (χ1n) is 6.02. The van der Waals surface area contributed by atoms with Crippen LogP contribution in [-0.4, -0.2) is 26.3 Å². The molecule has 1 heterocycles. The van der Waals surface area contributed by atoms with Gasteiger partial charge in [0.2, 0.25) is 6.41 Å². The molecule has 106 valence electrons. The van der Waals surface area contributed by atoms with Gasteiger partial charge in [-0.3, -0.25) is 9.00 Å². The van der Waals surface area contributed by atoms with Gasteiger partial charge < -0.3 is 10.6 Å². The molecule has 1 aromatic carbocycles. The Morgan fingerprint density at radius 3 is 2.75 bits per heavy atom.